The van der Waals surface area contributed by atoms with E-state index in [4.69, 9.17) is 0 Å². The molecule has 0 atom stereocenters. The molecule has 0 radical (unpaired) electrons. The first-order chi connectivity index (χ1) is 7.72. The molecule has 2 rings (SSSR count). The van der Waals surface area contributed by atoms with E-state index in [2.05, 4.69) is 4.98 Å². The van der Waals surface area contributed by atoms with Crippen LogP contribution in [0.3, 0.4) is 0 Å². The predicted molar refractivity (Wildman–Crippen MR) is 59.8 cm³/mol. The number of rotatable bonds is 2. The van der Waals surface area contributed by atoms with Crippen molar-refractivity contribution in [2.24, 2.45) is 0 Å². The van der Waals surface area contributed by atoms with Crippen molar-refractivity contribution in [3.05, 3.63) is 53.6 Å². The summed E-state index contributed by atoms with van der Waals surface area (Å²) in [5.74, 6) is -0.420. The van der Waals surface area contributed by atoms with Crippen LogP contribution in [0.4, 0.5) is 4.39 Å². The number of aryl methyl sites for hydroxylation is 1. The van der Waals surface area contributed by atoms with Crippen LogP contribution in [-0.2, 0) is 0 Å². The first-order valence-electron chi connectivity index (χ1n) is 4.88. The van der Waals surface area contributed by atoms with Crippen LogP contribution < -0.4 is 0 Å². The Morgan fingerprint density at radius 1 is 1.25 bits per heavy atom. The van der Waals surface area contributed by atoms with Crippen LogP contribution in [0.1, 0.15) is 15.9 Å². The molecule has 0 unspecified atom stereocenters. The van der Waals surface area contributed by atoms with E-state index in [1.807, 2.05) is 13.0 Å². The summed E-state index contributed by atoms with van der Waals surface area (Å²) >= 11 is 0. The third-order valence-corrected chi connectivity index (χ3v) is 2.40. The van der Waals surface area contributed by atoms with Crippen LogP contribution in [0, 0.1) is 12.7 Å². The Balaban J connectivity index is 2.67. The van der Waals surface area contributed by atoms with Crippen LogP contribution in [0.5, 0.6) is 0 Å². The van der Waals surface area contributed by atoms with Crippen molar-refractivity contribution in [1.82, 2.24) is 4.98 Å². The maximum Gasteiger partial charge on any atom is 0.150 e. The minimum Gasteiger partial charge on any atom is -0.298 e. The van der Waals surface area contributed by atoms with E-state index in [1.54, 1.807) is 18.2 Å². The summed E-state index contributed by atoms with van der Waals surface area (Å²) in [5.41, 5.74) is 2.48. The van der Waals surface area contributed by atoms with Gasteiger partial charge >= 0.3 is 0 Å². The van der Waals surface area contributed by atoms with Gasteiger partial charge in [-0.1, -0.05) is 23.8 Å². The van der Waals surface area contributed by atoms with Gasteiger partial charge in [-0.25, -0.2) is 4.39 Å². The van der Waals surface area contributed by atoms with Gasteiger partial charge in [-0.2, -0.15) is 0 Å². The lowest BCUT2D eigenvalue weighted by Gasteiger charge is -2.06. The average Bonchev–Trinajstić information content (AvgIpc) is 2.29. The molecule has 2 aromatic rings. The number of hydrogen-bond donors (Lipinski definition) is 0. The van der Waals surface area contributed by atoms with Gasteiger partial charge in [0.15, 0.2) is 6.29 Å². The second kappa shape index (κ2) is 4.23. The molecule has 1 aromatic carbocycles. The Kier molecular flexibility index (Phi) is 2.77. The Hall–Kier alpha value is -2.03. The van der Waals surface area contributed by atoms with E-state index in [0.29, 0.717) is 16.7 Å². The minimum absolute atomic E-state index is 0.404. The minimum atomic E-state index is -0.420. The first kappa shape index (κ1) is 10.5. The van der Waals surface area contributed by atoms with Gasteiger partial charge in [0.05, 0.1) is 6.20 Å². The fourth-order valence-electron chi connectivity index (χ4n) is 1.60. The van der Waals surface area contributed by atoms with Crippen LogP contribution >= 0.6 is 0 Å². The molecule has 1 aromatic heterocycles. The van der Waals surface area contributed by atoms with Crippen molar-refractivity contribution in [2.75, 3.05) is 0 Å². The molecule has 0 saturated heterocycles. The Morgan fingerprint density at radius 3 is 2.75 bits per heavy atom. The summed E-state index contributed by atoms with van der Waals surface area (Å²) in [6, 6.07) is 6.88. The van der Waals surface area contributed by atoms with Crippen molar-refractivity contribution >= 4 is 6.29 Å². The molecular weight excluding hydrogens is 205 g/mol. The third-order valence-electron chi connectivity index (χ3n) is 2.40. The highest BCUT2D eigenvalue weighted by Gasteiger charge is 2.09. The molecule has 0 saturated carbocycles. The van der Waals surface area contributed by atoms with Crippen molar-refractivity contribution in [3.63, 3.8) is 0 Å². The van der Waals surface area contributed by atoms with Gasteiger partial charge in [-0.3, -0.25) is 9.78 Å². The highest BCUT2D eigenvalue weighted by atomic mass is 19.1. The molecule has 16 heavy (non-hydrogen) atoms. The SMILES string of the molecule is Cc1ccc(C=O)c(-c2ccncc2F)c1. The van der Waals surface area contributed by atoms with Crippen LogP contribution in [0.2, 0.25) is 0 Å². The largest absolute Gasteiger partial charge is 0.298 e. The maximum atomic E-state index is 13.5. The summed E-state index contributed by atoms with van der Waals surface area (Å²) in [5, 5.41) is 0. The lowest BCUT2D eigenvalue weighted by Crippen LogP contribution is -1.92. The van der Waals surface area contributed by atoms with E-state index in [1.165, 1.54) is 6.20 Å². The lowest BCUT2D eigenvalue weighted by molar-refractivity contribution is 0.112. The van der Waals surface area contributed by atoms with Crippen molar-refractivity contribution in [2.45, 2.75) is 6.92 Å². The zero-order valence-electron chi connectivity index (χ0n) is 8.77. The number of halogens is 1. The van der Waals surface area contributed by atoms with Gasteiger partial charge in [0.1, 0.15) is 5.82 Å². The Morgan fingerprint density at radius 2 is 2.06 bits per heavy atom. The molecule has 80 valence electrons. The van der Waals surface area contributed by atoms with Crippen molar-refractivity contribution in [1.29, 1.82) is 0 Å². The third kappa shape index (κ3) is 1.84. The highest BCUT2D eigenvalue weighted by Crippen LogP contribution is 2.25. The molecular formula is C13H10FNO. The molecule has 1 heterocycles. The average molecular weight is 215 g/mol. The molecule has 0 aliphatic rings. The molecule has 0 fully saturated rings. The quantitative estimate of drug-likeness (QED) is 0.721. The molecule has 2 nitrogen and oxygen atoms in total. The van der Waals surface area contributed by atoms with Gasteiger partial charge in [0.2, 0.25) is 0 Å². The molecule has 0 aliphatic heterocycles. The smallest absolute Gasteiger partial charge is 0.150 e. The van der Waals surface area contributed by atoms with Gasteiger partial charge in [0.25, 0.3) is 0 Å². The number of carbonyl (C=O) groups is 1. The zero-order valence-corrected chi connectivity index (χ0v) is 8.77. The number of aromatic nitrogens is 1. The second-order valence-corrected chi connectivity index (χ2v) is 3.56. The van der Waals surface area contributed by atoms with E-state index >= 15 is 0 Å². The Bertz CT molecular complexity index is 537. The van der Waals surface area contributed by atoms with Crippen LogP contribution in [0.25, 0.3) is 11.1 Å². The van der Waals surface area contributed by atoms with Crippen LogP contribution in [-0.4, -0.2) is 11.3 Å². The fraction of sp³-hybridized carbons (Fsp3) is 0.0769. The molecule has 0 amide bonds. The second-order valence-electron chi connectivity index (χ2n) is 3.56. The summed E-state index contributed by atoms with van der Waals surface area (Å²) in [4.78, 5) is 14.6. The number of benzene rings is 1. The van der Waals surface area contributed by atoms with Gasteiger partial charge in [-0.05, 0) is 18.6 Å². The number of pyridine rings is 1. The van der Waals surface area contributed by atoms with Crippen molar-refractivity contribution < 1.29 is 9.18 Å². The van der Waals surface area contributed by atoms with Gasteiger partial charge < -0.3 is 0 Å². The van der Waals surface area contributed by atoms with Gasteiger partial charge in [0, 0.05) is 17.3 Å². The molecule has 0 aliphatic carbocycles. The molecule has 0 bridgehead atoms. The number of hydrogen-bond acceptors (Lipinski definition) is 2. The summed E-state index contributed by atoms with van der Waals surface area (Å²) in [7, 11) is 0. The normalized spacial score (nSPS) is 10.1. The summed E-state index contributed by atoms with van der Waals surface area (Å²) in [6.07, 6.45) is 3.39. The van der Waals surface area contributed by atoms with Crippen LogP contribution in [0.15, 0.2) is 36.7 Å². The van der Waals surface area contributed by atoms with Gasteiger partial charge in [-0.15, -0.1) is 0 Å². The first-order valence-corrected chi connectivity index (χ1v) is 4.88. The Labute approximate surface area is 92.8 Å². The van der Waals surface area contributed by atoms with E-state index in [-0.39, 0.29) is 0 Å². The summed E-state index contributed by atoms with van der Waals surface area (Å²) in [6.45, 7) is 1.90. The lowest BCUT2D eigenvalue weighted by atomic mass is 9.99. The van der Waals surface area contributed by atoms with Crippen molar-refractivity contribution in [3.8, 4) is 11.1 Å². The summed E-state index contributed by atoms with van der Waals surface area (Å²) < 4.78 is 13.5. The highest BCUT2D eigenvalue weighted by molar-refractivity contribution is 5.87. The number of carbonyl (C=O) groups excluding carboxylic acids is 1. The molecule has 3 heteroatoms. The van der Waals surface area contributed by atoms with E-state index < -0.39 is 5.82 Å². The maximum absolute atomic E-state index is 13.5. The monoisotopic (exact) mass is 215 g/mol. The zero-order chi connectivity index (χ0) is 11.5. The fourth-order valence-corrected chi connectivity index (χ4v) is 1.60. The number of nitrogens with zero attached hydrogens (tertiary/aromatic N) is 1. The number of aldehydes is 1. The van der Waals surface area contributed by atoms with E-state index in [0.717, 1.165) is 18.0 Å². The standard InChI is InChI=1S/C13H10FNO/c1-9-2-3-10(8-16)12(6-9)11-4-5-15-7-13(11)14/h2-8H,1H3. The van der Waals surface area contributed by atoms with E-state index in [9.17, 15) is 9.18 Å². The predicted octanol–water partition coefficient (Wildman–Crippen LogP) is 3.01. The molecule has 0 spiro atoms. The molecule has 0 N–H and O–H groups in total. The topological polar surface area (TPSA) is 30.0 Å².